The summed E-state index contributed by atoms with van der Waals surface area (Å²) in [5, 5.41) is 0.101. The summed E-state index contributed by atoms with van der Waals surface area (Å²) in [5.41, 5.74) is 8.76. The van der Waals surface area contributed by atoms with Crippen molar-refractivity contribution in [2.75, 3.05) is 0 Å². The molecule has 0 atom stereocenters. The molecule has 2 aliphatic heterocycles. The lowest BCUT2D eigenvalue weighted by molar-refractivity contribution is -0.00940. The smallest absolute Gasteiger partial charge is 0.335 e. The molecule has 2 fully saturated rings. The van der Waals surface area contributed by atoms with Crippen molar-refractivity contribution in [2.24, 2.45) is 5.41 Å². The van der Waals surface area contributed by atoms with Crippen LogP contribution >= 0.6 is 0 Å². The minimum atomic E-state index is -0.130. The SMILES string of the molecule is CCCCCCC1(CCCCCC)c2cc(B3CC(C)(C)C(C)(C)O3)ccc2-c2ccc(B3OC(C)(C)C3(C)C)cc21. The molecule has 0 aromatic heterocycles. The van der Waals surface area contributed by atoms with Crippen LogP contribution in [-0.2, 0) is 14.7 Å². The van der Waals surface area contributed by atoms with Gasteiger partial charge in [0.05, 0.1) is 5.60 Å². The molecule has 0 spiro atoms. The van der Waals surface area contributed by atoms with E-state index in [1.807, 2.05) is 0 Å². The molecule has 2 aromatic carbocycles. The molecule has 2 heterocycles. The van der Waals surface area contributed by atoms with Gasteiger partial charge in [0.2, 0.25) is 0 Å². The lowest BCUT2D eigenvalue weighted by Gasteiger charge is -2.57. The lowest BCUT2D eigenvalue weighted by atomic mass is 9.33. The van der Waals surface area contributed by atoms with Crippen LogP contribution in [0.2, 0.25) is 11.6 Å². The first-order valence-electron chi connectivity index (χ1n) is 17.4. The molecule has 0 N–H and O–H groups in total. The summed E-state index contributed by atoms with van der Waals surface area (Å²) in [6, 6.07) is 14.8. The van der Waals surface area contributed by atoms with E-state index < -0.39 is 0 Å². The molecule has 2 aromatic rings. The van der Waals surface area contributed by atoms with E-state index in [4.69, 9.17) is 9.31 Å². The van der Waals surface area contributed by atoms with Crippen molar-refractivity contribution >= 4 is 24.8 Å². The maximum Gasteiger partial charge on any atom is 0.335 e. The van der Waals surface area contributed by atoms with E-state index in [-0.39, 0.29) is 41.2 Å². The first-order chi connectivity index (χ1) is 19.7. The molecule has 0 unspecified atom stereocenters. The fraction of sp³-hybridized carbons (Fsp3) is 0.684. The standard InChI is InChI=1S/C38H58B2O2/c1-11-13-15-17-23-38(24-18-16-14-12-2)32-25-28(39-27-34(3,4)36(7,8)41-39)19-21-30(32)31-22-20-29(26-33(31)38)40-35(5,6)37(9,10)42-40/h19-22,25-26H,11-18,23-24,27H2,1-10H3. The highest BCUT2D eigenvalue weighted by Crippen LogP contribution is 2.56. The first-order valence-corrected chi connectivity index (χ1v) is 17.4. The Labute approximate surface area is 259 Å². The van der Waals surface area contributed by atoms with Gasteiger partial charge in [-0.05, 0) is 85.5 Å². The van der Waals surface area contributed by atoms with Crippen molar-refractivity contribution in [3.05, 3.63) is 47.5 Å². The first kappa shape index (κ1) is 31.9. The van der Waals surface area contributed by atoms with Gasteiger partial charge >= 0.3 is 13.8 Å². The molecule has 0 amide bonds. The summed E-state index contributed by atoms with van der Waals surface area (Å²) >= 11 is 0. The van der Waals surface area contributed by atoms with Crippen molar-refractivity contribution < 1.29 is 9.31 Å². The van der Waals surface area contributed by atoms with E-state index in [0.29, 0.717) is 0 Å². The molecule has 3 aliphatic rings. The van der Waals surface area contributed by atoms with E-state index in [0.717, 1.165) is 6.32 Å². The van der Waals surface area contributed by atoms with E-state index in [9.17, 15) is 0 Å². The Kier molecular flexibility index (Phi) is 8.69. The molecule has 4 heteroatoms. The maximum atomic E-state index is 6.78. The van der Waals surface area contributed by atoms with E-state index >= 15 is 0 Å². The summed E-state index contributed by atoms with van der Waals surface area (Å²) < 4.78 is 13.3. The highest BCUT2D eigenvalue weighted by molar-refractivity contribution is 6.73. The fourth-order valence-corrected chi connectivity index (χ4v) is 8.05. The highest BCUT2D eigenvalue weighted by atomic mass is 16.5. The van der Waals surface area contributed by atoms with Crippen molar-refractivity contribution in [1.29, 1.82) is 0 Å². The number of hydrogen-bond donors (Lipinski definition) is 0. The van der Waals surface area contributed by atoms with Crippen LogP contribution in [0, 0.1) is 5.41 Å². The van der Waals surface area contributed by atoms with Crippen LogP contribution in [0.4, 0.5) is 0 Å². The maximum absolute atomic E-state index is 6.78. The van der Waals surface area contributed by atoms with E-state index in [1.54, 1.807) is 11.1 Å². The van der Waals surface area contributed by atoms with Crippen molar-refractivity contribution in [2.45, 2.75) is 162 Å². The number of rotatable bonds is 12. The zero-order valence-corrected chi connectivity index (χ0v) is 28.7. The molecule has 42 heavy (non-hydrogen) atoms. The summed E-state index contributed by atoms with van der Waals surface area (Å²) in [5.74, 6) is 0. The van der Waals surface area contributed by atoms with E-state index in [1.165, 1.54) is 86.3 Å². The van der Waals surface area contributed by atoms with Gasteiger partial charge in [-0.2, -0.15) is 0 Å². The van der Waals surface area contributed by atoms with Gasteiger partial charge < -0.3 is 9.31 Å². The average molecular weight is 569 g/mol. The minimum absolute atomic E-state index is 0.0607. The van der Waals surface area contributed by atoms with Crippen LogP contribution in [0.15, 0.2) is 36.4 Å². The van der Waals surface area contributed by atoms with Crippen LogP contribution in [0.1, 0.15) is 145 Å². The normalized spacial score (nSPS) is 22.1. The Hall–Kier alpha value is -1.51. The molecule has 228 valence electrons. The Morgan fingerprint density at radius 3 is 1.60 bits per heavy atom. The largest absolute Gasteiger partial charge is 0.426 e. The van der Waals surface area contributed by atoms with Crippen LogP contribution in [0.25, 0.3) is 11.1 Å². The predicted molar refractivity (Wildman–Crippen MR) is 184 cm³/mol. The minimum Gasteiger partial charge on any atom is -0.426 e. The molecular weight excluding hydrogens is 510 g/mol. The Morgan fingerprint density at radius 1 is 0.619 bits per heavy atom. The lowest BCUT2D eigenvalue weighted by Crippen LogP contribution is -2.66. The Balaban J connectivity index is 1.60. The van der Waals surface area contributed by atoms with Crippen LogP contribution in [-0.4, -0.2) is 25.0 Å². The van der Waals surface area contributed by atoms with Gasteiger partial charge in [0, 0.05) is 16.3 Å². The topological polar surface area (TPSA) is 18.5 Å². The van der Waals surface area contributed by atoms with Crippen LogP contribution < -0.4 is 10.9 Å². The summed E-state index contributed by atoms with van der Waals surface area (Å²) in [6.45, 7) is 23.5. The molecular formula is C38H58B2O2. The molecule has 2 saturated heterocycles. The molecule has 0 saturated carbocycles. The molecule has 0 radical (unpaired) electrons. The second-order valence-electron chi connectivity index (χ2n) is 16.2. The van der Waals surface area contributed by atoms with Crippen molar-refractivity contribution in [1.82, 2.24) is 0 Å². The molecule has 2 nitrogen and oxygen atoms in total. The predicted octanol–water partition coefficient (Wildman–Crippen LogP) is 9.71. The molecule has 5 rings (SSSR count). The van der Waals surface area contributed by atoms with Gasteiger partial charge in [-0.15, -0.1) is 0 Å². The monoisotopic (exact) mass is 568 g/mol. The second-order valence-corrected chi connectivity index (χ2v) is 16.2. The third-order valence-corrected chi connectivity index (χ3v) is 12.4. The van der Waals surface area contributed by atoms with E-state index in [2.05, 4.69) is 106 Å². The summed E-state index contributed by atoms with van der Waals surface area (Å²) in [6.07, 6.45) is 13.9. The zero-order chi connectivity index (χ0) is 30.6. The van der Waals surface area contributed by atoms with Gasteiger partial charge in [0.1, 0.15) is 0 Å². The zero-order valence-electron chi connectivity index (χ0n) is 28.7. The number of benzene rings is 2. The quantitative estimate of drug-likeness (QED) is 0.188. The van der Waals surface area contributed by atoms with Gasteiger partial charge in [-0.25, -0.2) is 0 Å². The van der Waals surface area contributed by atoms with Gasteiger partial charge in [0.15, 0.2) is 0 Å². The van der Waals surface area contributed by atoms with Crippen LogP contribution in [0.5, 0.6) is 0 Å². The van der Waals surface area contributed by atoms with Gasteiger partial charge in [-0.1, -0.05) is 129 Å². The third-order valence-electron chi connectivity index (χ3n) is 12.4. The summed E-state index contributed by atoms with van der Waals surface area (Å²) in [4.78, 5) is 0. The van der Waals surface area contributed by atoms with Crippen LogP contribution in [0.3, 0.4) is 0 Å². The van der Waals surface area contributed by atoms with Crippen molar-refractivity contribution in [3.63, 3.8) is 0 Å². The molecule has 1 aliphatic carbocycles. The van der Waals surface area contributed by atoms with Gasteiger partial charge in [0.25, 0.3) is 0 Å². The number of unbranched alkanes of at least 4 members (excludes halogenated alkanes) is 6. The Morgan fingerprint density at radius 2 is 1.14 bits per heavy atom. The number of hydrogen-bond acceptors (Lipinski definition) is 2. The Bertz CT molecular complexity index is 1250. The highest BCUT2D eigenvalue weighted by Gasteiger charge is 2.59. The average Bonchev–Trinajstić information content (AvgIpc) is 3.33. The third kappa shape index (κ3) is 5.25. The molecule has 0 bridgehead atoms. The van der Waals surface area contributed by atoms with Crippen molar-refractivity contribution in [3.8, 4) is 11.1 Å². The summed E-state index contributed by atoms with van der Waals surface area (Å²) in [7, 11) is 0. The fourth-order valence-electron chi connectivity index (χ4n) is 8.05. The number of fused-ring (bicyclic) bond motifs is 3. The second kappa shape index (κ2) is 11.4. The van der Waals surface area contributed by atoms with Gasteiger partial charge in [-0.3, -0.25) is 0 Å².